The van der Waals surface area contributed by atoms with Crippen LogP contribution in [0.1, 0.15) is 58.3 Å². The molecule has 0 aromatic carbocycles. The lowest BCUT2D eigenvalue weighted by Crippen LogP contribution is -2.42. The Labute approximate surface area is 124 Å². The lowest BCUT2D eigenvalue weighted by Gasteiger charge is -2.23. The zero-order chi connectivity index (χ0) is 13.4. The van der Waals surface area contributed by atoms with E-state index in [2.05, 4.69) is 11.6 Å². The van der Waals surface area contributed by atoms with Crippen molar-refractivity contribution in [2.45, 2.75) is 64.3 Å². The third kappa shape index (κ3) is 8.12. The molecule has 0 spiro atoms. The number of sulfonamides is 1. The fourth-order valence-corrected chi connectivity index (χ4v) is 4.41. The molecule has 4 nitrogen and oxygen atoms in total. The van der Waals surface area contributed by atoms with Crippen molar-refractivity contribution in [3.05, 3.63) is 0 Å². The maximum absolute atomic E-state index is 12.1. The summed E-state index contributed by atoms with van der Waals surface area (Å²) in [4.78, 5) is 0. The molecule has 3 N–H and O–H groups in total. The van der Waals surface area contributed by atoms with E-state index in [1.165, 1.54) is 19.3 Å². The van der Waals surface area contributed by atoms with E-state index in [1.807, 2.05) is 0 Å². The second kappa shape index (κ2) is 9.97. The maximum Gasteiger partial charge on any atom is 0.212 e. The molecule has 1 aliphatic carbocycles. The van der Waals surface area contributed by atoms with E-state index >= 15 is 0 Å². The van der Waals surface area contributed by atoms with Gasteiger partial charge in [-0.25, -0.2) is 13.1 Å². The van der Waals surface area contributed by atoms with Crippen molar-refractivity contribution in [2.75, 3.05) is 12.3 Å². The largest absolute Gasteiger partial charge is 0.329 e. The van der Waals surface area contributed by atoms with Crippen molar-refractivity contribution in [2.24, 2.45) is 11.7 Å². The van der Waals surface area contributed by atoms with Crippen LogP contribution in [0.15, 0.2) is 0 Å². The Morgan fingerprint density at radius 3 is 2.42 bits per heavy atom. The minimum absolute atomic E-state index is 0. The molecule has 19 heavy (non-hydrogen) atoms. The molecule has 0 heterocycles. The summed E-state index contributed by atoms with van der Waals surface area (Å²) < 4.78 is 26.9. The minimum atomic E-state index is -3.15. The van der Waals surface area contributed by atoms with E-state index in [0.29, 0.717) is 12.5 Å². The molecular formula is C13H29ClN2O2S. The van der Waals surface area contributed by atoms with Gasteiger partial charge in [-0.1, -0.05) is 39.0 Å². The summed E-state index contributed by atoms with van der Waals surface area (Å²) in [6, 6.07) is -0.0847. The quantitative estimate of drug-likeness (QED) is 0.723. The lowest BCUT2D eigenvalue weighted by atomic mass is 9.91. The van der Waals surface area contributed by atoms with Gasteiger partial charge in [0.05, 0.1) is 5.75 Å². The Morgan fingerprint density at radius 1 is 1.26 bits per heavy atom. The van der Waals surface area contributed by atoms with Crippen LogP contribution in [0.2, 0.25) is 0 Å². The SMILES string of the molecule is CCCCC(CN)NS(=O)(=O)CC1CCCCC1.Cl. The monoisotopic (exact) mass is 312 g/mol. The van der Waals surface area contributed by atoms with Gasteiger partial charge in [0.2, 0.25) is 10.0 Å². The highest BCUT2D eigenvalue weighted by Gasteiger charge is 2.23. The number of nitrogens with one attached hydrogen (secondary N) is 1. The number of nitrogens with two attached hydrogens (primary N) is 1. The molecule has 0 aromatic rings. The van der Waals surface area contributed by atoms with E-state index in [0.717, 1.165) is 32.1 Å². The van der Waals surface area contributed by atoms with E-state index in [4.69, 9.17) is 5.73 Å². The molecular weight excluding hydrogens is 284 g/mol. The third-order valence-corrected chi connectivity index (χ3v) is 5.32. The second-order valence-electron chi connectivity index (χ2n) is 5.48. The molecule has 0 radical (unpaired) electrons. The van der Waals surface area contributed by atoms with Gasteiger partial charge in [0.15, 0.2) is 0 Å². The fourth-order valence-electron chi connectivity index (χ4n) is 2.64. The lowest BCUT2D eigenvalue weighted by molar-refractivity contribution is 0.382. The molecule has 0 amide bonds. The normalized spacial score (nSPS) is 18.8. The number of unbranched alkanes of at least 4 members (excludes halogenated alkanes) is 1. The van der Waals surface area contributed by atoms with Crippen LogP contribution in [0, 0.1) is 5.92 Å². The Morgan fingerprint density at radius 2 is 1.89 bits per heavy atom. The van der Waals surface area contributed by atoms with E-state index in [1.54, 1.807) is 0 Å². The highest BCUT2D eigenvalue weighted by atomic mass is 35.5. The van der Waals surface area contributed by atoms with Crippen molar-refractivity contribution in [3.63, 3.8) is 0 Å². The topological polar surface area (TPSA) is 72.2 Å². The average Bonchev–Trinajstić information content (AvgIpc) is 2.35. The number of halogens is 1. The standard InChI is InChI=1S/C13H28N2O2S.ClH/c1-2-3-9-13(10-14)15-18(16,17)11-12-7-5-4-6-8-12;/h12-13,15H,2-11,14H2,1H3;1H. The molecule has 1 rings (SSSR count). The van der Waals surface area contributed by atoms with E-state index < -0.39 is 10.0 Å². The number of hydrogen-bond donors (Lipinski definition) is 2. The van der Waals surface area contributed by atoms with Crippen LogP contribution in [0.25, 0.3) is 0 Å². The molecule has 0 aromatic heterocycles. The summed E-state index contributed by atoms with van der Waals surface area (Å²) in [5.41, 5.74) is 5.63. The van der Waals surface area contributed by atoms with Crippen LogP contribution >= 0.6 is 12.4 Å². The Bertz CT molecular complexity index is 317. The Kier molecular flexibility index (Phi) is 10.1. The molecule has 1 aliphatic rings. The summed E-state index contributed by atoms with van der Waals surface area (Å²) in [6.45, 7) is 2.49. The van der Waals surface area contributed by atoms with Crippen molar-refractivity contribution in [1.29, 1.82) is 0 Å². The van der Waals surface area contributed by atoms with Gasteiger partial charge in [0, 0.05) is 12.6 Å². The molecule has 1 fully saturated rings. The van der Waals surface area contributed by atoms with E-state index in [-0.39, 0.29) is 24.2 Å². The van der Waals surface area contributed by atoms with Crippen LogP contribution in [0.4, 0.5) is 0 Å². The highest BCUT2D eigenvalue weighted by molar-refractivity contribution is 7.89. The molecule has 116 valence electrons. The predicted octanol–water partition coefficient (Wildman–Crippen LogP) is 2.43. The van der Waals surface area contributed by atoms with Crippen LogP contribution < -0.4 is 10.5 Å². The predicted molar refractivity (Wildman–Crippen MR) is 83.1 cm³/mol. The molecule has 1 unspecified atom stereocenters. The third-order valence-electron chi connectivity index (χ3n) is 3.72. The average molecular weight is 313 g/mol. The molecule has 0 saturated heterocycles. The first-order chi connectivity index (χ1) is 8.57. The first-order valence-corrected chi connectivity index (χ1v) is 8.92. The molecule has 0 bridgehead atoms. The first-order valence-electron chi connectivity index (χ1n) is 7.27. The van der Waals surface area contributed by atoms with Crippen LogP contribution in [-0.2, 0) is 10.0 Å². The van der Waals surface area contributed by atoms with Crippen LogP contribution in [-0.4, -0.2) is 26.8 Å². The van der Waals surface area contributed by atoms with Crippen molar-refractivity contribution < 1.29 is 8.42 Å². The van der Waals surface area contributed by atoms with E-state index in [9.17, 15) is 8.42 Å². The van der Waals surface area contributed by atoms with Gasteiger partial charge < -0.3 is 5.73 Å². The number of rotatable bonds is 8. The second-order valence-corrected chi connectivity index (χ2v) is 7.28. The molecule has 1 saturated carbocycles. The highest BCUT2D eigenvalue weighted by Crippen LogP contribution is 2.24. The van der Waals surface area contributed by atoms with Gasteiger partial charge in [0.1, 0.15) is 0 Å². The number of hydrogen-bond acceptors (Lipinski definition) is 3. The summed E-state index contributed by atoms with van der Waals surface area (Å²) >= 11 is 0. The summed E-state index contributed by atoms with van der Waals surface area (Å²) in [5.74, 6) is 0.635. The Hall–Kier alpha value is 0.160. The smallest absolute Gasteiger partial charge is 0.212 e. The minimum Gasteiger partial charge on any atom is -0.329 e. The van der Waals surface area contributed by atoms with Gasteiger partial charge in [-0.3, -0.25) is 0 Å². The molecule has 6 heteroatoms. The zero-order valence-corrected chi connectivity index (χ0v) is 13.6. The van der Waals surface area contributed by atoms with Gasteiger partial charge >= 0.3 is 0 Å². The first kappa shape index (κ1) is 19.2. The molecule has 1 atom stereocenters. The summed E-state index contributed by atoms with van der Waals surface area (Å²) in [7, 11) is -3.15. The van der Waals surface area contributed by atoms with Gasteiger partial charge in [-0.2, -0.15) is 0 Å². The van der Waals surface area contributed by atoms with Crippen LogP contribution in [0.5, 0.6) is 0 Å². The summed E-state index contributed by atoms with van der Waals surface area (Å²) in [5, 5.41) is 0. The molecule has 0 aliphatic heterocycles. The summed E-state index contributed by atoms with van der Waals surface area (Å²) in [6.07, 6.45) is 8.66. The fraction of sp³-hybridized carbons (Fsp3) is 1.00. The van der Waals surface area contributed by atoms with Gasteiger partial charge in [-0.05, 0) is 25.2 Å². The van der Waals surface area contributed by atoms with Crippen molar-refractivity contribution in [3.8, 4) is 0 Å². The maximum atomic E-state index is 12.1. The van der Waals surface area contributed by atoms with Crippen LogP contribution in [0.3, 0.4) is 0 Å². The van der Waals surface area contributed by atoms with Gasteiger partial charge in [0.25, 0.3) is 0 Å². The van der Waals surface area contributed by atoms with Crippen molar-refractivity contribution in [1.82, 2.24) is 4.72 Å². The van der Waals surface area contributed by atoms with Crippen molar-refractivity contribution >= 4 is 22.4 Å². The van der Waals surface area contributed by atoms with Gasteiger partial charge in [-0.15, -0.1) is 12.4 Å². The Balaban J connectivity index is 0.00000324. The zero-order valence-electron chi connectivity index (χ0n) is 11.9.